The molecule has 0 amide bonds. The molecule has 0 radical (unpaired) electrons. The molecule has 106 valence electrons. The number of methoxy groups -OCH3 is 1. The maximum atomic E-state index is 5.75. The smallest absolute Gasteiger partial charge is 0.238 e. The van der Waals surface area contributed by atoms with Gasteiger partial charge >= 0.3 is 0 Å². The van der Waals surface area contributed by atoms with Crippen molar-refractivity contribution in [3.05, 3.63) is 12.1 Å². The Hall–Kier alpha value is -1.53. The molecule has 1 aromatic rings. The van der Waals surface area contributed by atoms with Crippen molar-refractivity contribution in [3.8, 4) is 5.88 Å². The number of hydrogen-bond donors (Lipinski definition) is 2. The average Bonchev–Trinajstić information content (AvgIpc) is 2.41. The van der Waals surface area contributed by atoms with Crippen LogP contribution in [0.25, 0.3) is 0 Å². The van der Waals surface area contributed by atoms with Gasteiger partial charge in [-0.1, -0.05) is 0 Å². The van der Waals surface area contributed by atoms with Crippen molar-refractivity contribution >= 4 is 11.5 Å². The van der Waals surface area contributed by atoms with Crippen molar-refractivity contribution in [2.24, 2.45) is 0 Å². The number of pyridine rings is 1. The molecule has 2 rings (SSSR count). The van der Waals surface area contributed by atoms with E-state index in [1.165, 1.54) is 0 Å². The Morgan fingerprint density at radius 1 is 1.42 bits per heavy atom. The molecule has 1 fully saturated rings. The summed E-state index contributed by atoms with van der Waals surface area (Å²) in [6.07, 6.45) is 0. The minimum Gasteiger partial charge on any atom is -0.479 e. The van der Waals surface area contributed by atoms with E-state index in [0.717, 1.165) is 32.0 Å². The number of ether oxygens (including phenoxy) is 1. The minimum absolute atomic E-state index is 0.471. The minimum atomic E-state index is 0.471. The molecular weight excluding hydrogens is 242 g/mol. The molecule has 0 aromatic carbocycles. The molecule has 0 saturated carbocycles. The summed E-state index contributed by atoms with van der Waals surface area (Å²) >= 11 is 0. The molecule has 0 aliphatic carbocycles. The zero-order valence-electron chi connectivity index (χ0n) is 11.9. The monoisotopic (exact) mass is 265 g/mol. The highest BCUT2D eigenvalue weighted by Gasteiger charge is 2.21. The van der Waals surface area contributed by atoms with Crippen molar-refractivity contribution in [2.75, 3.05) is 58.4 Å². The van der Waals surface area contributed by atoms with Crippen LogP contribution in [0.5, 0.6) is 5.88 Å². The van der Waals surface area contributed by atoms with Crippen LogP contribution in [0.3, 0.4) is 0 Å². The number of anilines is 2. The van der Waals surface area contributed by atoms with Gasteiger partial charge in [-0.05, 0) is 26.2 Å². The largest absolute Gasteiger partial charge is 0.479 e. The lowest BCUT2D eigenvalue weighted by Crippen LogP contribution is -2.52. The third-order valence-corrected chi connectivity index (χ3v) is 3.58. The molecule has 0 spiro atoms. The van der Waals surface area contributed by atoms with Crippen molar-refractivity contribution in [3.63, 3.8) is 0 Å². The summed E-state index contributed by atoms with van der Waals surface area (Å²) in [5, 5.41) is 3.35. The van der Waals surface area contributed by atoms with Gasteiger partial charge in [-0.2, -0.15) is 4.98 Å². The van der Waals surface area contributed by atoms with Crippen molar-refractivity contribution in [1.29, 1.82) is 0 Å². The van der Waals surface area contributed by atoms with Gasteiger partial charge in [0.25, 0.3) is 0 Å². The fourth-order valence-electron chi connectivity index (χ4n) is 2.26. The first-order valence-corrected chi connectivity index (χ1v) is 6.53. The van der Waals surface area contributed by atoms with Crippen LogP contribution >= 0.6 is 0 Å². The van der Waals surface area contributed by atoms with E-state index in [1.807, 2.05) is 12.1 Å². The SMILES string of the molecule is COc1nc(NCC2CN(C)CCN2C)ccc1N. The van der Waals surface area contributed by atoms with Crippen LogP contribution in [0, 0.1) is 0 Å². The Labute approximate surface area is 114 Å². The van der Waals surface area contributed by atoms with Crippen molar-refractivity contribution in [2.45, 2.75) is 6.04 Å². The van der Waals surface area contributed by atoms with Gasteiger partial charge in [-0.25, -0.2) is 0 Å². The topological polar surface area (TPSA) is 66.7 Å². The Balaban J connectivity index is 1.94. The highest BCUT2D eigenvalue weighted by molar-refractivity contribution is 5.53. The van der Waals surface area contributed by atoms with Gasteiger partial charge in [0, 0.05) is 32.2 Å². The molecule has 2 heterocycles. The van der Waals surface area contributed by atoms with Crippen LogP contribution in [-0.2, 0) is 0 Å². The van der Waals surface area contributed by atoms with Gasteiger partial charge in [-0.3, -0.25) is 4.90 Å². The number of rotatable bonds is 4. The van der Waals surface area contributed by atoms with Gasteiger partial charge in [0.05, 0.1) is 12.8 Å². The zero-order chi connectivity index (χ0) is 13.8. The Bertz CT molecular complexity index is 425. The zero-order valence-corrected chi connectivity index (χ0v) is 11.9. The molecule has 1 aliphatic heterocycles. The molecular formula is C13H23N5O. The number of hydrogen-bond acceptors (Lipinski definition) is 6. The van der Waals surface area contributed by atoms with E-state index in [1.54, 1.807) is 7.11 Å². The number of nitrogens with zero attached hydrogens (tertiary/aromatic N) is 3. The van der Waals surface area contributed by atoms with Gasteiger partial charge in [0.15, 0.2) is 0 Å². The van der Waals surface area contributed by atoms with Crippen LogP contribution in [0.2, 0.25) is 0 Å². The lowest BCUT2D eigenvalue weighted by molar-refractivity contribution is 0.122. The normalized spacial score (nSPS) is 21.3. The second-order valence-electron chi connectivity index (χ2n) is 5.07. The van der Waals surface area contributed by atoms with Crippen LogP contribution in [0.1, 0.15) is 0 Å². The first kappa shape index (κ1) is 13.9. The van der Waals surface area contributed by atoms with Crippen LogP contribution in [0.15, 0.2) is 12.1 Å². The molecule has 3 N–H and O–H groups in total. The van der Waals surface area contributed by atoms with Crippen LogP contribution in [0.4, 0.5) is 11.5 Å². The third-order valence-electron chi connectivity index (χ3n) is 3.58. The molecule has 0 bridgehead atoms. The Morgan fingerprint density at radius 3 is 2.95 bits per heavy atom. The summed E-state index contributed by atoms with van der Waals surface area (Å²) in [5.41, 5.74) is 6.31. The third kappa shape index (κ3) is 3.48. The molecule has 1 aromatic heterocycles. The number of nitrogens with one attached hydrogen (secondary N) is 1. The summed E-state index contributed by atoms with van der Waals surface area (Å²) in [5.74, 6) is 1.27. The van der Waals surface area contributed by atoms with E-state index in [-0.39, 0.29) is 0 Å². The molecule has 6 nitrogen and oxygen atoms in total. The second kappa shape index (κ2) is 6.08. The number of aromatic nitrogens is 1. The van der Waals surface area contributed by atoms with E-state index in [2.05, 4.69) is 34.2 Å². The molecule has 1 aliphatic rings. The molecule has 1 unspecified atom stereocenters. The van der Waals surface area contributed by atoms with Crippen molar-refractivity contribution in [1.82, 2.24) is 14.8 Å². The number of likely N-dealkylation sites (N-methyl/N-ethyl adjacent to an activating group) is 2. The second-order valence-corrected chi connectivity index (χ2v) is 5.07. The first-order valence-electron chi connectivity index (χ1n) is 6.53. The quantitative estimate of drug-likeness (QED) is 0.818. The first-order chi connectivity index (χ1) is 9.10. The Kier molecular flexibility index (Phi) is 4.44. The van der Waals surface area contributed by atoms with Crippen LogP contribution < -0.4 is 15.8 Å². The molecule has 1 atom stereocenters. The highest BCUT2D eigenvalue weighted by atomic mass is 16.5. The fourth-order valence-corrected chi connectivity index (χ4v) is 2.26. The van der Waals surface area contributed by atoms with Gasteiger partial charge in [0.2, 0.25) is 5.88 Å². The highest BCUT2D eigenvalue weighted by Crippen LogP contribution is 2.20. The number of nitrogens with two attached hydrogens (primary N) is 1. The van der Waals surface area contributed by atoms with E-state index >= 15 is 0 Å². The lowest BCUT2D eigenvalue weighted by atomic mass is 10.2. The summed E-state index contributed by atoms with van der Waals surface area (Å²) in [6.45, 7) is 4.15. The summed E-state index contributed by atoms with van der Waals surface area (Å²) in [4.78, 5) is 9.06. The van der Waals surface area contributed by atoms with Gasteiger partial charge in [-0.15, -0.1) is 0 Å². The van der Waals surface area contributed by atoms with E-state index in [0.29, 0.717) is 17.6 Å². The number of piperazine rings is 1. The molecule has 1 saturated heterocycles. The maximum Gasteiger partial charge on any atom is 0.238 e. The van der Waals surface area contributed by atoms with Gasteiger partial charge < -0.3 is 20.7 Å². The summed E-state index contributed by atoms with van der Waals surface area (Å²) < 4.78 is 5.12. The standard InChI is InChI=1S/C13H23N5O/c1-17-6-7-18(2)10(9-17)8-15-12-5-4-11(14)13(16-12)19-3/h4-5,10H,6-9,14H2,1-3H3,(H,15,16). The van der Waals surface area contributed by atoms with E-state index in [9.17, 15) is 0 Å². The van der Waals surface area contributed by atoms with Crippen LogP contribution in [-0.4, -0.2) is 68.2 Å². The lowest BCUT2D eigenvalue weighted by Gasteiger charge is -2.37. The van der Waals surface area contributed by atoms with E-state index < -0.39 is 0 Å². The predicted octanol–water partition coefficient (Wildman–Crippen LogP) is 0.330. The van der Waals surface area contributed by atoms with E-state index in [4.69, 9.17) is 10.5 Å². The summed E-state index contributed by atoms with van der Waals surface area (Å²) in [6, 6.07) is 4.18. The average molecular weight is 265 g/mol. The Morgan fingerprint density at radius 2 is 2.21 bits per heavy atom. The fraction of sp³-hybridized carbons (Fsp3) is 0.615. The van der Waals surface area contributed by atoms with Crippen molar-refractivity contribution < 1.29 is 4.74 Å². The maximum absolute atomic E-state index is 5.75. The number of nitrogen functional groups attached to an aromatic ring is 1. The summed E-state index contributed by atoms with van der Waals surface area (Å²) in [7, 11) is 5.90. The molecule has 19 heavy (non-hydrogen) atoms. The predicted molar refractivity (Wildman–Crippen MR) is 77.6 cm³/mol. The van der Waals surface area contributed by atoms with Gasteiger partial charge in [0.1, 0.15) is 5.82 Å². The molecule has 6 heteroatoms.